The number of methoxy groups -OCH3 is 1. The van der Waals surface area contributed by atoms with E-state index >= 15 is 0 Å². The van der Waals surface area contributed by atoms with Crippen molar-refractivity contribution in [1.29, 1.82) is 0 Å². The zero-order chi connectivity index (χ0) is 21.8. The van der Waals surface area contributed by atoms with Crippen LogP contribution in [0.5, 0.6) is 11.5 Å². The standard InChI is InChI=1S/C23H19N3O4S/c1-29-18-11-5-8-15(12-19-22(28)26-23(24)31-19)21(18)30-13-20(27)25-17-10-4-7-14-6-2-3-9-16(14)17/h2-12H,13H2,1H3,(H,25,27)(H2,24,26,28)/b19-12-. The highest BCUT2D eigenvalue weighted by Crippen LogP contribution is 2.35. The molecule has 0 saturated heterocycles. The summed E-state index contributed by atoms with van der Waals surface area (Å²) in [7, 11) is 1.51. The van der Waals surface area contributed by atoms with E-state index in [0.717, 1.165) is 22.5 Å². The number of carbonyl (C=O) groups excluding carboxylic acids is 2. The molecule has 156 valence electrons. The zero-order valence-corrected chi connectivity index (χ0v) is 17.4. The number of carbonyl (C=O) groups is 2. The molecule has 3 aromatic carbocycles. The first-order valence-electron chi connectivity index (χ1n) is 9.40. The van der Waals surface area contributed by atoms with Crippen molar-refractivity contribution >= 4 is 51.3 Å². The van der Waals surface area contributed by atoms with E-state index in [4.69, 9.17) is 15.2 Å². The minimum Gasteiger partial charge on any atom is -0.493 e. The SMILES string of the molecule is COc1cccc(/C=C2\SC(N)=NC2=O)c1OCC(=O)Nc1cccc2ccccc12. The van der Waals surface area contributed by atoms with Gasteiger partial charge in [0.1, 0.15) is 0 Å². The largest absolute Gasteiger partial charge is 0.493 e. The lowest BCUT2D eigenvalue weighted by Gasteiger charge is -2.14. The number of fused-ring (bicyclic) bond motifs is 1. The highest BCUT2D eigenvalue weighted by atomic mass is 32.2. The van der Waals surface area contributed by atoms with E-state index in [1.165, 1.54) is 7.11 Å². The van der Waals surface area contributed by atoms with Crippen molar-refractivity contribution in [3.05, 3.63) is 71.1 Å². The van der Waals surface area contributed by atoms with E-state index in [9.17, 15) is 9.59 Å². The lowest BCUT2D eigenvalue weighted by atomic mass is 10.1. The van der Waals surface area contributed by atoms with Crippen LogP contribution in [0.4, 0.5) is 5.69 Å². The number of amides is 2. The van der Waals surface area contributed by atoms with Crippen molar-refractivity contribution in [2.45, 2.75) is 0 Å². The normalized spacial score (nSPS) is 14.5. The highest BCUT2D eigenvalue weighted by Gasteiger charge is 2.21. The lowest BCUT2D eigenvalue weighted by molar-refractivity contribution is -0.118. The number of nitrogens with two attached hydrogens (primary N) is 1. The molecule has 7 nitrogen and oxygen atoms in total. The molecular formula is C23H19N3O4S. The second-order valence-corrected chi connectivity index (χ2v) is 7.67. The number of ether oxygens (including phenoxy) is 2. The first-order chi connectivity index (χ1) is 15.0. The van der Waals surface area contributed by atoms with Crippen LogP contribution in [0.3, 0.4) is 0 Å². The fraction of sp³-hybridized carbons (Fsp3) is 0.0870. The second-order valence-electron chi connectivity index (χ2n) is 6.61. The molecule has 3 N–H and O–H groups in total. The van der Waals surface area contributed by atoms with E-state index in [1.807, 2.05) is 42.5 Å². The summed E-state index contributed by atoms with van der Waals surface area (Å²) in [5.41, 5.74) is 6.90. The van der Waals surface area contributed by atoms with Crippen LogP contribution in [0.25, 0.3) is 16.8 Å². The molecule has 0 unspecified atom stereocenters. The third-order valence-corrected chi connectivity index (χ3v) is 5.38. The minimum atomic E-state index is -0.412. The van der Waals surface area contributed by atoms with Gasteiger partial charge < -0.3 is 20.5 Å². The Labute approximate surface area is 182 Å². The molecule has 1 heterocycles. The molecule has 8 heteroatoms. The lowest BCUT2D eigenvalue weighted by Crippen LogP contribution is -2.20. The van der Waals surface area contributed by atoms with Gasteiger partial charge in [-0.25, -0.2) is 0 Å². The van der Waals surface area contributed by atoms with Gasteiger partial charge in [0.15, 0.2) is 23.3 Å². The van der Waals surface area contributed by atoms with Crippen molar-refractivity contribution in [3.8, 4) is 11.5 Å². The number of hydrogen-bond acceptors (Lipinski definition) is 6. The van der Waals surface area contributed by atoms with Crippen LogP contribution >= 0.6 is 11.8 Å². The summed E-state index contributed by atoms with van der Waals surface area (Å²) in [4.78, 5) is 28.6. The summed E-state index contributed by atoms with van der Waals surface area (Å²) in [5.74, 6) is 0.0609. The van der Waals surface area contributed by atoms with Gasteiger partial charge in [-0.3, -0.25) is 9.59 Å². The Hall–Kier alpha value is -3.78. The van der Waals surface area contributed by atoms with Crippen molar-refractivity contribution in [3.63, 3.8) is 0 Å². The third kappa shape index (κ3) is 4.54. The molecular weight excluding hydrogens is 414 g/mol. The maximum Gasteiger partial charge on any atom is 0.286 e. The number of thioether (sulfide) groups is 1. The van der Waals surface area contributed by atoms with Crippen molar-refractivity contribution in [2.75, 3.05) is 19.0 Å². The molecule has 3 aromatic rings. The smallest absolute Gasteiger partial charge is 0.286 e. The Kier molecular flexibility index (Phi) is 5.90. The first-order valence-corrected chi connectivity index (χ1v) is 10.2. The molecule has 0 aliphatic carbocycles. The van der Waals surface area contributed by atoms with Crippen LogP contribution in [0.1, 0.15) is 5.56 Å². The molecule has 1 aliphatic rings. The van der Waals surface area contributed by atoms with Gasteiger partial charge >= 0.3 is 0 Å². The van der Waals surface area contributed by atoms with Crippen molar-refractivity contribution in [2.24, 2.45) is 10.7 Å². The molecule has 4 rings (SSSR count). The number of anilines is 1. The van der Waals surface area contributed by atoms with Gasteiger partial charge in [0.2, 0.25) is 0 Å². The van der Waals surface area contributed by atoms with Gasteiger partial charge in [0, 0.05) is 16.6 Å². The summed E-state index contributed by atoms with van der Waals surface area (Å²) < 4.78 is 11.2. The number of nitrogens with zero attached hydrogens (tertiary/aromatic N) is 1. The average molecular weight is 433 g/mol. The number of nitrogens with one attached hydrogen (secondary N) is 1. The Morgan fingerprint density at radius 1 is 1.13 bits per heavy atom. The number of rotatable bonds is 6. The monoisotopic (exact) mass is 433 g/mol. The molecule has 0 atom stereocenters. The van der Waals surface area contributed by atoms with Crippen molar-refractivity contribution < 1.29 is 19.1 Å². The second kappa shape index (κ2) is 8.93. The van der Waals surface area contributed by atoms with Gasteiger partial charge in [-0.15, -0.1) is 0 Å². The van der Waals surface area contributed by atoms with Crippen LogP contribution in [-0.2, 0) is 9.59 Å². The summed E-state index contributed by atoms with van der Waals surface area (Å²) in [5, 5.41) is 5.04. The van der Waals surface area contributed by atoms with E-state index in [0.29, 0.717) is 27.7 Å². The number of hydrogen-bond donors (Lipinski definition) is 2. The molecule has 0 bridgehead atoms. The first kappa shape index (κ1) is 20.5. The number of benzene rings is 3. The van der Waals surface area contributed by atoms with E-state index in [-0.39, 0.29) is 17.7 Å². The quantitative estimate of drug-likeness (QED) is 0.573. The van der Waals surface area contributed by atoms with Crippen LogP contribution in [0.15, 0.2) is 70.6 Å². The highest BCUT2D eigenvalue weighted by molar-refractivity contribution is 8.18. The molecule has 0 saturated carbocycles. The Morgan fingerprint density at radius 3 is 2.68 bits per heavy atom. The molecule has 2 amide bonds. The minimum absolute atomic E-state index is 0.191. The van der Waals surface area contributed by atoms with Crippen LogP contribution in [0.2, 0.25) is 0 Å². The molecule has 0 spiro atoms. The molecule has 31 heavy (non-hydrogen) atoms. The topological polar surface area (TPSA) is 103 Å². The maximum atomic E-state index is 12.6. The predicted molar refractivity (Wildman–Crippen MR) is 123 cm³/mol. The van der Waals surface area contributed by atoms with E-state index < -0.39 is 5.91 Å². The van der Waals surface area contributed by atoms with Crippen LogP contribution in [-0.4, -0.2) is 30.7 Å². The van der Waals surface area contributed by atoms with E-state index in [1.54, 1.807) is 24.3 Å². The molecule has 0 fully saturated rings. The predicted octanol–water partition coefficient (Wildman–Crippen LogP) is 3.79. The van der Waals surface area contributed by atoms with Gasteiger partial charge in [-0.1, -0.05) is 48.5 Å². The Bertz CT molecular complexity index is 1230. The average Bonchev–Trinajstić information content (AvgIpc) is 3.09. The molecule has 0 aromatic heterocycles. The zero-order valence-electron chi connectivity index (χ0n) is 16.6. The maximum absolute atomic E-state index is 12.6. The summed E-state index contributed by atoms with van der Waals surface area (Å²) in [6.45, 7) is -0.237. The third-order valence-electron chi connectivity index (χ3n) is 4.56. The van der Waals surface area contributed by atoms with Gasteiger partial charge in [0.25, 0.3) is 11.8 Å². The van der Waals surface area contributed by atoms with Crippen LogP contribution in [0, 0.1) is 0 Å². The molecule has 0 radical (unpaired) electrons. The Balaban J connectivity index is 1.53. The Morgan fingerprint density at radius 2 is 1.90 bits per heavy atom. The summed E-state index contributed by atoms with van der Waals surface area (Å²) in [6.07, 6.45) is 1.62. The van der Waals surface area contributed by atoms with Gasteiger partial charge in [-0.05, 0) is 35.4 Å². The summed E-state index contributed by atoms with van der Waals surface area (Å²) >= 11 is 1.08. The van der Waals surface area contributed by atoms with Gasteiger partial charge in [0.05, 0.1) is 12.0 Å². The summed E-state index contributed by atoms with van der Waals surface area (Å²) in [6, 6.07) is 18.7. The fourth-order valence-electron chi connectivity index (χ4n) is 3.19. The van der Waals surface area contributed by atoms with Crippen LogP contribution < -0.4 is 20.5 Å². The van der Waals surface area contributed by atoms with Crippen molar-refractivity contribution in [1.82, 2.24) is 0 Å². The number of amidine groups is 1. The molecule has 1 aliphatic heterocycles. The number of para-hydroxylation sites is 1. The fourth-order valence-corrected chi connectivity index (χ4v) is 3.86. The number of aliphatic imine (C=N–C) groups is 1. The van der Waals surface area contributed by atoms with Gasteiger partial charge in [-0.2, -0.15) is 4.99 Å². The van der Waals surface area contributed by atoms with E-state index in [2.05, 4.69) is 10.3 Å².